The summed E-state index contributed by atoms with van der Waals surface area (Å²) in [5.41, 5.74) is 2.24. The van der Waals surface area contributed by atoms with Crippen LogP contribution in [0.2, 0.25) is 5.04 Å². The third-order valence-electron chi connectivity index (χ3n) is 2.45. The molecule has 1 nitrogen and oxygen atoms in total. The maximum absolute atomic E-state index is 6.43. The number of halogens is 1. The molecule has 0 aliphatic carbocycles. The highest BCUT2D eigenvalue weighted by molar-refractivity contribution is 6.48. The Labute approximate surface area is 90.0 Å². The van der Waals surface area contributed by atoms with Gasteiger partial charge in [-0.15, -0.1) is 23.9 Å². The highest BCUT2D eigenvalue weighted by Crippen LogP contribution is 2.34. The van der Waals surface area contributed by atoms with Gasteiger partial charge in [0.2, 0.25) is 0 Å². The van der Waals surface area contributed by atoms with Crippen LogP contribution < -0.4 is 0 Å². The van der Waals surface area contributed by atoms with Crippen LogP contribution >= 0.6 is 11.6 Å². The maximum atomic E-state index is 6.43. The Morgan fingerprint density at radius 1 is 1.46 bits per heavy atom. The van der Waals surface area contributed by atoms with Crippen molar-refractivity contribution in [1.29, 1.82) is 0 Å². The van der Waals surface area contributed by atoms with Gasteiger partial charge < -0.3 is 0 Å². The number of hydrogen-bond acceptors (Lipinski definition) is 1. The van der Waals surface area contributed by atoms with Crippen LogP contribution in [0.15, 0.2) is 12.3 Å². The summed E-state index contributed by atoms with van der Waals surface area (Å²) >= 11 is 6.43. The van der Waals surface area contributed by atoms with Crippen LogP contribution in [0.1, 0.15) is 27.7 Å². The molecule has 0 aliphatic rings. The van der Waals surface area contributed by atoms with Crippen LogP contribution in [0.3, 0.4) is 0 Å². The van der Waals surface area contributed by atoms with Crippen LogP contribution in [0, 0.1) is 0 Å². The van der Waals surface area contributed by atoms with E-state index in [9.17, 15) is 0 Å². The molecule has 1 unspecified atom stereocenters. The summed E-state index contributed by atoms with van der Waals surface area (Å²) in [5, 5.41) is 0.245. The smallest absolute Gasteiger partial charge is 0.0875 e. The molecule has 0 N–H and O–H groups in total. The number of nitrogens with zero attached hydrogens (tertiary/aromatic N) is 1. The molecule has 0 fully saturated rings. The van der Waals surface area contributed by atoms with Crippen molar-refractivity contribution >= 4 is 21.1 Å². The van der Waals surface area contributed by atoms with E-state index in [0.29, 0.717) is 0 Å². The highest BCUT2D eigenvalue weighted by Gasteiger charge is 2.30. The van der Waals surface area contributed by atoms with E-state index in [-0.39, 0.29) is 20.1 Å². The van der Waals surface area contributed by atoms with E-state index in [4.69, 9.17) is 11.6 Å². The fourth-order valence-electron chi connectivity index (χ4n) is 1.51. The Balaban J connectivity index is 4.34. The molecule has 0 spiro atoms. The second kappa shape index (κ2) is 5.84. The average Bonchev–Trinajstić information content (AvgIpc) is 2.06. The molecule has 0 radical (unpaired) electrons. The largest absolute Gasteiger partial charge is 0.288 e. The van der Waals surface area contributed by atoms with Crippen LogP contribution in [-0.4, -0.2) is 33.0 Å². The molecule has 0 bridgehead atoms. The van der Waals surface area contributed by atoms with Gasteiger partial charge in [-0.05, 0) is 18.1 Å². The molecule has 78 valence electrons. The van der Waals surface area contributed by atoms with Gasteiger partial charge >= 0.3 is 0 Å². The molecular weight excluding hydrogens is 198 g/mol. The van der Waals surface area contributed by atoms with E-state index in [0.717, 1.165) is 13.1 Å². The fourth-order valence-corrected chi connectivity index (χ4v) is 3.25. The van der Waals surface area contributed by atoms with E-state index >= 15 is 0 Å². The Bertz CT molecular complexity index is 155. The molecule has 0 aromatic heterocycles. The standard InChI is InChI=1S/C10H22ClNSi/c1-6-12(7-2)9(11)10(4,5)13-8-3/h8-9H,3,6-7,13H2,1-2,4-5H3. The number of alkyl halides is 1. The van der Waals surface area contributed by atoms with Crippen LogP contribution in [0.5, 0.6) is 0 Å². The maximum Gasteiger partial charge on any atom is 0.0875 e. The predicted octanol–water partition coefficient (Wildman–Crippen LogP) is 2.40. The van der Waals surface area contributed by atoms with Crippen LogP contribution in [0.25, 0.3) is 0 Å². The lowest BCUT2D eigenvalue weighted by atomic mass is 10.2. The molecule has 0 saturated heterocycles. The molecule has 13 heavy (non-hydrogen) atoms. The van der Waals surface area contributed by atoms with E-state index in [2.05, 4.69) is 44.9 Å². The van der Waals surface area contributed by atoms with E-state index < -0.39 is 0 Å². The van der Waals surface area contributed by atoms with Crippen molar-refractivity contribution < 1.29 is 0 Å². The zero-order valence-electron chi connectivity index (χ0n) is 9.31. The van der Waals surface area contributed by atoms with Gasteiger partial charge in [0.25, 0.3) is 0 Å². The third-order valence-corrected chi connectivity index (χ3v) is 5.30. The van der Waals surface area contributed by atoms with Crippen molar-refractivity contribution in [2.75, 3.05) is 13.1 Å². The second-order valence-electron chi connectivity index (χ2n) is 4.04. The van der Waals surface area contributed by atoms with Gasteiger partial charge in [-0.2, -0.15) is 0 Å². The summed E-state index contributed by atoms with van der Waals surface area (Å²) in [6.45, 7) is 14.7. The van der Waals surface area contributed by atoms with Crippen molar-refractivity contribution in [2.45, 2.75) is 38.2 Å². The van der Waals surface area contributed by atoms with E-state index in [1.54, 1.807) is 0 Å². The van der Waals surface area contributed by atoms with Gasteiger partial charge in [-0.25, -0.2) is 0 Å². The normalized spacial score (nSPS) is 15.5. The molecule has 0 aromatic carbocycles. The minimum absolute atomic E-state index is 0.159. The molecule has 0 saturated carbocycles. The van der Waals surface area contributed by atoms with Crippen molar-refractivity contribution in [1.82, 2.24) is 4.90 Å². The summed E-state index contributed by atoms with van der Waals surface area (Å²) in [5.74, 6) is 0. The van der Waals surface area contributed by atoms with E-state index in [1.165, 1.54) is 0 Å². The molecular formula is C10H22ClNSi. The SMILES string of the molecule is C=C[SiH2]C(C)(C)C(Cl)N(CC)CC. The quantitative estimate of drug-likeness (QED) is 0.377. The Morgan fingerprint density at radius 3 is 2.23 bits per heavy atom. The highest BCUT2D eigenvalue weighted by atomic mass is 35.5. The van der Waals surface area contributed by atoms with Gasteiger partial charge in [-0.3, -0.25) is 4.90 Å². The van der Waals surface area contributed by atoms with Crippen LogP contribution in [-0.2, 0) is 0 Å². The van der Waals surface area contributed by atoms with Crippen molar-refractivity contribution in [2.24, 2.45) is 0 Å². The molecule has 0 rings (SSSR count). The van der Waals surface area contributed by atoms with Gasteiger partial charge in [0.15, 0.2) is 0 Å². The molecule has 0 aliphatic heterocycles. The summed E-state index contributed by atoms with van der Waals surface area (Å²) in [6.07, 6.45) is 0. The van der Waals surface area contributed by atoms with Gasteiger partial charge in [0.1, 0.15) is 0 Å². The zero-order chi connectivity index (χ0) is 10.5. The lowest BCUT2D eigenvalue weighted by molar-refractivity contribution is 0.242. The topological polar surface area (TPSA) is 3.24 Å². The zero-order valence-corrected chi connectivity index (χ0v) is 11.5. The predicted molar refractivity (Wildman–Crippen MR) is 65.3 cm³/mol. The first kappa shape index (κ1) is 13.2. The van der Waals surface area contributed by atoms with Gasteiger partial charge in [0.05, 0.1) is 15.0 Å². The lowest BCUT2D eigenvalue weighted by Gasteiger charge is -2.36. The summed E-state index contributed by atoms with van der Waals surface area (Å²) in [7, 11) is -0.269. The summed E-state index contributed by atoms with van der Waals surface area (Å²) < 4.78 is 0. The lowest BCUT2D eigenvalue weighted by Crippen LogP contribution is -2.40. The van der Waals surface area contributed by atoms with Crippen molar-refractivity contribution in [3.05, 3.63) is 12.3 Å². The Kier molecular flexibility index (Phi) is 5.93. The van der Waals surface area contributed by atoms with Gasteiger partial charge in [0, 0.05) is 0 Å². The van der Waals surface area contributed by atoms with E-state index in [1.807, 2.05) is 0 Å². The third kappa shape index (κ3) is 3.84. The summed E-state index contributed by atoms with van der Waals surface area (Å²) in [6, 6.07) is 0. The molecule has 0 heterocycles. The first-order chi connectivity index (χ1) is 5.99. The van der Waals surface area contributed by atoms with Crippen LogP contribution in [0.4, 0.5) is 0 Å². The Morgan fingerprint density at radius 2 is 1.92 bits per heavy atom. The van der Waals surface area contributed by atoms with Gasteiger partial charge in [-0.1, -0.05) is 27.7 Å². The second-order valence-corrected chi connectivity index (χ2v) is 7.26. The fraction of sp³-hybridized carbons (Fsp3) is 0.800. The molecule has 3 heteroatoms. The first-order valence-corrected chi connectivity index (χ1v) is 6.94. The minimum atomic E-state index is -0.269. The molecule has 0 amide bonds. The van der Waals surface area contributed by atoms with Crippen molar-refractivity contribution in [3.63, 3.8) is 0 Å². The molecule has 0 aromatic rings. The first-order valence-electron chi connectivity index (χ1n) is 4.98. The average molecular weight is 220 g/mol. The van der Waals surface area contributed by atoms with Crippen molar-refractivity contribution in [3.8, 4) is 0 Å². The monoisotopic (exact) mass is 219 g/mol. The molecule has 1 atom stereocenters. The Hall–Kier alpha value is 0.207. The minimum Gasteiger partial charge on any atom is -0.288 e. The number of rotatable bonds is 6. The number of hydrogen-bond donors (Lipinski definition) is 0. The summed E-state index contributed by atoms with van der Waals surface area (Å²) in [4.78, 5) is 2.30.